The van der Waals surface area contributed by atoms with Crippen LogP contribution < -0.4 is 10.5 Å². The zero-order valence-corrected chi connectivity index (χ0v) is 15.4. The van der Waals surface area contributed by atoms with Gasteiger partial charge in [-0.15, -0.1) is 12.4 Å². The van der Waals surface area contributed by atoms with Gasteiger partial charge in [-0.2, -0.15) is 0 Å². The molecule has 2 unspecified atom stereocenters. The molecule has 2 heterocycles. The van der Waals surface area contributed by atoms with Crippen molar-refractivity contribution in [1.82, 2.24) is 4.90 Å². The first-order chi connectivity index (χ1) is 12.0. The Morgan fingerprint density at radius 3 is 2.62 bits per heavy atom. The first kappa shape index (κ1) is 20.9. The number of nitrogens with zero attached hydrogens (tertiary/aromatic N) is 1. The summed E-state index contributed by atoms with van der Waals surface area (Å²) in [5.74, 6) is -1.56. The second-order valence-corrected chi connectivity index (χ2v) is 6.72. The highest BCUT2D eigenvalue weighted by atomic mass is 35.5. The number of likely N-dealkylation sites (tertiary alicyclic amines) is 1. The lowest BCUT2D eigenvalue weighted by atomic mass is 9.85. The summed E-state index contributed by atoms with van der Waals surface area (Å²) in [6.07, 6.45) is 3.80. The standard InChI is InChI=1S/C18H24F2N2O3.ClH/c19-14-4-3-13(10-15(14)20)25-11-17(23)22-7-5-12(6-8-22)18-16(21)2-1-9-24-18;/h3-4,10,12,16,18H,1-2,5-9,11,21H2;1H. The SMILES string of the molecule is Cl.NC1CCCOC1C1CCN(C(=O)COc2ccc(F)c(F)c2)CC1. The quantitative estimate of drug-likeness (QED) is 0.858. The molecule has 0 radical (unpaired) electrons. The zero-order valence-electron chi connectivity index (χ0n) is 14.5. The van der Waals surface area contributed by atoms with Gasteiger partial charge in [0.1, 0.15) is 5.75 Å². The molecular weight excluding hydrogens is 366 g/mol. The Bertz CT molecular complexity index is 612. The average molecular weight is 391 g/mol. The normalized spacial score (nSPS) is 24.0. The summed E-state index contributed by atoms with van der Waals surface area (Å²) < 4.78 is 37.1. The molecule has 1 aromatic carbocycles. The predicted octanol–water partition coefficient (Wildman–Crippen LogP) is 2.51. The zero-order chi connectivity index (χ0) is 17.8. The maximum Gasteiger partial charge on any atom is 0.260 e. The second-order valence-electron chi connectivity index (χ2n) is 6.72. The fraction of sp³-hybridized carbons (Fsp3) is 0.611. The number of ether oxygens (including phenoxy) is 2. The first-order valence-corrected chi connectivity index (χ1v) is 8.77. The van der Waals surface area contributed by atoms with Gasteiger partial charge < -0.3 is 20.1 Å². The highest BCUT2D eigenvalue weighted by molar-refractivity contribution is 5.85. The van der Waals surface area contributed by atoms with E-state index in [0.29, 0.717) is 19.0 Å². The van der Waals surface area contributed by atoms with Crippen molar-refractivity contribution in [2.75, 3.05) is 26.3 Å². The Morgan fingerprint density at radius 2 is 1.96 bits per heavy atom. The summed E-state index contributed by atoms with van der Waals surface area (Å²) >= 11 is 0. The highest BCUT2D eigenvalue weighted by Gasteiger charge is 2.34. The van der Waals surface area contributed by atoms with Crippen molar-refractivity contribution >= 4 is 18.3 Å². The molecule has 1 aromatic rings. The number of piperidine rings is 1. The molecule has 8 heteroatoms. The minimum Gasteiger partial charge on any atom is -0.484 e. The minimum atomic E-state index is -0.991. The van der Waals surface area contributed by atoms with Gasteiger partial charge in [-0.05, 0) is 43.7 Å². The Hall–Kier alpha value is -1.44. The molecule has 0 aliphatic carbocycles. The fourth-order valence-electron chi connectivity index (χ4n) is 3.59. The van der Waals surface area contributed by atoms with Crippen LogP contribution in [-0.4, -0.2) is 49.3 Å². The van der Waals surface area contributed by atoms with E-state index in [9.17, 15) is 13.6 Å². The van der Waals surface area contributed by atoms with Crippen LogP contribution >= 0.6 is 12.4 Å². The highest BCUT2D eigenvalue weighted by Crippen LogP contribution is 2.28. The van der Waals surface area contributed by atoms with Crippen molar-refractivity contribution in [3.8, 4) is 5.75 Å². The number of carbonyl (C=O) groups is 1. The number of carbonyl (C=O) groups excluding carboxylic acids is 1. The van der Waals surface area contributed by atoms with Crippen LogP contribution in [0.15, 0.2) is 18.2 Å². The third kappa shape index (κ3) is 5.05. The van der Waals surface area contributed by atoms with Gasteiger partial charge in [0, 0.05) is 31.8 Å². The van der Waals surface area contributed by atoms with Crippen LogP contribution in [0.3, 0.4) is 0 Å². The third-order valence-corrected chi connectivity index (χ3v) is 5.02. The van der Waals surface area contributed by atoms with E-state index in [1.807, 2.05) is 0 Å². The van der Waals surface area contributed by atoms with Gasteiger partial charge in [0.05, 0.1) is 6.10 Å². The van der Waals surface area contributed by atoms with Crippen LogP contribution in [0.2, 0.25) is 0 Å². The van der Waals surface area contributed by atoms with E-state index in [1.165, 1.54) is 6.07 Å². The van der Waals surface area contributed by atoms with E-state index in [0.717, 1.165) is 44.4 Å². The molecule has 2 N–H and O–H groups in total. The van der Waals surface area contributed by atoms with Gasteiger partial charge in [-0.3, -0.25) is 4.79 Å². The van der Waals surface area contributed by atoms with Crippen molar-refractivity contribution in [3.63, 3.8) is 0 Å². The van der Waals surface area contributed by atoms with E-state index in [1.54, 1.807) is 4.90 Å². The number of nitrogens with two attached hydrogens (primary N) is 1. The molecule has 1 amide bonds. The monoisotopic (exact) mass is 390 g/mol. The second kappa shape index (κ2) is 9.48. The largest absolute Gasteiger partial charge is 0.484 e. The number of hydrogen-bond acceptors (Lipinski definition) is 4. The molecule has 0 bridgehead atoms. The van der Waals surface area contributed by atoms with E-state index in [4.69, 9.17) is 15.2 Å². The van der Waals surface area contributed by atoms with Crippen LogP contribution in [0.1, 0.15) is 25.7 Å². The molecule has 26 heavy (non-hydrogen) atoms. The van der Waals surface area contributed by atoms with Crippen LogP contribution in [0.25, 0.3) is 0 Å². The van der Waals surface area contributed by atoms with Crippen molar-refractivity contribution in [1.29, 1.82) is 0 Å². The molecule has 0 saturated carbocycles. The van der Waals surface area contributed by atoms with Crippen molar-refractivity contribution < 1.29 is 23.0 Å². The number of benzene rings is 1. The Balaban J connectivity index is 0.00000243. The molecule has 0 spiro atoms. The molecule has 2 saturated heterocycles. The van der Waals surface area contributed by atoms with Crippen molar-refractivity contribution in [2.24, 2.45) is 11.7 Å². The predicted molar refractivity (Wildman–Crippen MR) is 95.4 cm³/mol. The van der Waals surface area contributed by atoms with Crippen LogP contribution in [0.4, 0.5) is 8.78 Å². The van der Waals surface area contributed by atoms with Gasteiger partial charge in [0.25, 0.3) is 5.91 Å². The lowest BCUT2D eigenvalue weighted by molar-refractivity contribution is -0.136. The summed E-state index contributed by atoms with van der Waals surface area (Å²) in [4.78, 5) is 14.0. The molecule has 3 rings (SSSR count). The summed E-state index contributed by atoms with van der Waals surface area (Å²) in [6.45, 7) is 1.85. The van der Waals surface area contributed by atoms with Crippen LogP contribution in [-0.2, 0) is 9.53 Å². The topological polar surface area (TPSA) is 64.8 Å². The van der Waals surface area contributed by atoms with Crippen LogP contribution in [0.5, 0.6) is 5.75 Å². The van der Waals surface area contributed by atoms with E-state index >= 15 is 0 Å². The molecule has 2 aliphatic rings. The van der Waals surface area contributed by atoms with Gasteiger partial charge in [-0.1, -0.05) is 0 Å². The Labute approximate surface area is 158 Å². The Morgan fingerprint density at radius 1 is 1.23 bits per heavy atom. The summed E-state index contributed by atoms with van der Waals surface area (Å²) in [6, 6.07) is 3.31. The van der Waals surface area contributed by atoms with Crippen molar-refractivity contribution in [2.45, 2.75) is 37.8 Å². The van der Waals surface area contributed by atoms with Gasteiger partial charge in [0.15, 0.2) is 18.2 Å². The number of rotatable bonds is 4. The Kier molecular flexibility index (Phi) is 7.61. The summed E-state index contributed by atoms with van der Waals surface area (Å²) in [7, 11) is 0. The molecule has 0 aromatic heterocycles. The molecule has 2 fully saturated rings. The minimum absolute atomic E-state index is 0. The fourth-order valence-corrected chi connectivity index (χ4v) is 3.59. The van der Waals surface area contributed by atoms with Gasteiger partial charge >= 0.3 is 0 Å². The maximum atomic E-state index is 13.1. The first-order valence-electron chi connectivity index (χ1n) is 8.77. The van der Waals surface area contributed by atoms with E-state index in [2.05, 4.69) is 0 Å². The molecule has 5 nitrogen and oxygen atoms in total. The lowest BCUT2D eigenvalue weighted by Crippen LogP contribution is -2.50. The van der Waals surface area contributed by atoms with E-state index < -0.39 is 11.6 Å². The average Bonchev–Trinajstić information content (AvgIpc) is 2.63. The molecular formula is C18H25ClF2N2O3. The number of hydrogen-bond donors (Lipinski definition) is 1. The molecule has 2 aliphatic heterocycles. The third-order valence-electron chi connectivity index (χ3n) is 5.02. The number of amides is 1. The lowest BCUT2D eigenvalue weighted by Gasteiger charge is -2.40. The number of halogens is 3. The van der Waals surface area contributed by atoms with E-state index in [-0.39, 0.29) is 42.8 Å². The van der Waals surface area contributed by atoms with Crippen molar-refractivity contribution in [3.05, 3.63) is 29.8 Å². The molecule has 146 valence electrons. The summed E-state index contributed by atoms with van der Waals surface area (Å²) in [5, 5.41) is 0. The van der Waals surface area contributed by atoms with Crippen LogP contribution in [0, 0.1) is 17.6 Å². The summed E-state index contributed by atoms with van der Waals surface area (Å²) in [5.41, 5.74) is 6.16. The van der Waals surface area contributed by atoms with Gasteiger partial charge in [-0.25, -0.2) is 8.78 Å². The maximum absolute atomic E-state index is 13.1. The molecule has 2 atom stereocenters. The smallest absolute Gasteiger partial charge is 0.260 e. The van der Waals surface area contributed by atoms with Gasteiger partial charge in [0.2, 0.25) is 0 Å².